The minimum Gasteiger partial charge on any atom is -0.337 e. The lowest BCUT2D eigenvalue weighted by Gasteiger charge is -2.20. The Labute approximate surface area is 159 Å². The molecule has 0 spiro atoms. The van der Waals surface area contributed by atoms with Crippen molar-refractivity contribution >= 4 is 28.2 Å². The van der Waals surface area contributed by atoms with Crippen molar-refractivity contribution in [1.29, 1.82) is 0 Å². The van der Waals surface area contributed by atoms with Gasteiger partial charge in [-0.15, -0.1) is 11.3 Å². The molecule has 0 atom stereocenters. The molecule has 1 saturated carbocycles. The number of benzene rings is 1. The molecule has 1 N–H and O–H groups in total. The van der Waals surface area contributed by atoms with E-state index < -0.39 is 0 Å². The molecule has 1 aliphatic carbocycles. The molecule has 26 heavy (non-hydrogen) atoms. The molecular formula is C21H26N2O2S. The lowest BCUT2D eigenvalue weighted by Crippen LogP contribution is -2.25. The lowest BCUT2D eigenvalue weighted by atomic mass is 9.87. The first kappa shape index (κ1) is 18.6. The van der Waals surface area contributed by atoms with Crippen LogP contribution < -0.4 is 5.32 Å². The maximum Gasteiger partial charge on any atom is 0.264 e. The van der Waals surface area contributed by atoms with Crippen LogP contribution in [0, 0.1) is 5.92 Å². The molecule has 138 valence electrons. The van der Waals surface area contributed by atoms with E-state index in [9.17, 15) is 9.59 Å². The summed E-state index contributed by atoms with van der Waals surface area (Å²) < 4.78 is 0. The number of thiophene rings is 1. The second-order valence-corrected chi connectivity index (χ2v) is 9.12. The molecule has 2 amide bonds. The SMILES string of the molecule is CN(Cc1ccc(C(C)(C)C)cc1)C(=O)c1ccc(NC(=O)C2CC2)s1. The van der Waals surface area contributed by atoms with E-state index in [-0.39, 0.29) is 23.1 Å². The molecule has 0 radical (unpaired) electrons. The first-order chi connectivity index (χ1) is 12.2. The largest absolute Gasteiger partial charge is 0.337 e. The Morgan fingerprint density at radius 2 is 1.77 bits per heavy atom. The zero-order valence-electron chi connectivity index (χ0n) is 15.8. The first-order valence-electron chi connectivity index (χ1n) is 8.99. The standard InChI is InChI=1S/C21H26N2O2S/c1-21(2,3)16-9-5-14(6-10-16)13-23(4)20(25)17-11-12-18(26-17)22-19(24)15-7-8-15/h5-6,9-12,15H,7-8,13H2,1-4H3,(H,22,24). The van der Waals surface area contributed by atoms with Gasteiger partial charge in [-0.25, -0.2) is 0 Å². The van der Waals surface area contributed by atoms with Crippen LogP contribution in [0.4, 0.5) is 5.00 Å². The van der Waals surface area contributed by atoms with Crippen molar-refractivity contribution in [1.82, 2.24) is 4.90 Å². The highest BCUT2D eigenvalue weighted by atomic mass is 32.1. The Balaban J connectivity index is 1.60. The number of carbonyl (C=O) groups is 2. The zero-order valence-corrected chi connectivity index (χ0v) is 16.7. The molecule has 4 nitrogen and oxygen atoms in total. The Bertz CT molecular complexity index is 798. The minimum atomic E-state index is -0.0261. The molecule has 0 bridgehead atoms. The molecule has 1 aromatic carbocycles. The molecule has 0 saturated heterocycles. The second kappa shape index (κ2) is 7.23. The van der Waals surface area contributed by atoms with Gasteiger partial charge in [0.2, 0.25) is 5.91 Å². The van der Waals surface area contributed by atoms with E-state index in [0.717, 1.165) is 23.4 Å². The number of nitrogens with one attached hydrogen (secondary N) is 1. The monoisotopic (exact) mass is 370 g/mol. The number of rotatable bonds is 5. The van der Waals surface area contributed by atoms with Crippen LogP contribution in [0.5, 0.6) is 0 Å². The fourth-order valence-corrected chi connectivity index (χ4v) is 3.64. The smallest absolute Gasteiger partial charge is 0.264 e. The molecule has 2 aromatic rings. The average molecular weight is 371 g/mol. The third-order valence-corrected chi connectivity index (χ3v) is 5.59. The highest BCUT2D eigenvalue weighted by molar-refractivity contribution is 7.18. The molecular weight excluding hydrogens is 344 g/mol. The lowest BCUT2D eigenvalue weighted by molar-refractivity contribution is -0.117. The van der Waals surface area contributed by atoms with Crippen LogP contribution in [-0.4, -0.2) is 23.8 Å². The third kappa shape index (κ3) is 4.52. The number of carbonyl (C=O) groups excluding carboxylic acids is 2. The van der Waals surface area contributed by atoms with Crippen molar-refractivity contribution in [2.24, 2.45) is 5.92 Å². The Morgan fingerprint density at radius 3 is 2.35 bits per heavy atom. The summed E-state index contributed by atoms with van der Waals surface area (Å²) in [6, 6.07) is 12.0. The van der Waals surface area contributed by atoms with Crippen LogP contribution in [0.1, 0.15) is 54.4 Å². The van der Waals surface area contributed by atoms with Crippen molar-refractivity contribution in [3.8, 4) is 0 Å². The molecule has 0 unspecified atom stereocenters. The first-order valence-corrected chi connectivity index (χ1v) is 9.81. The van der Waals surface area contributed by atoms with Gasteiger partial charge < -0.3 is 10.2 Å². The van der Waals surface area contributed by atoms with Crippen LogP contribution >= 0.6 is 11.3 Å². The number of hydrogen-bond acceptors (Lipinski definition) is 3. The summed E-state index contributed by atoms with van der Waals surface area (Å²) in [7, 11) is 1.81. The van der Waals surface area contributed by atoms with E-state index >= 15 is 0 Å². The summed E-state index contributed by atoms with van der Waals surface area (Å²) in [5.41, 5.74) is 2.51. The van der Waals surface area contributed by atoms with E-state index in [4.69, 9.17) is 0 Å². The van der Waals surface area contributed by atoms with Crippen LogP contribution in [0.3, 0.4) is 0 Å². The van der Waals surface area contributed by atoms with Crippen molar-refractivity contribution in [2.75, 3.05) is 12.4 Å². The average Bonchev–Trinajstić information content (AvgIpc) is 3.34. The van der Waals surface area contributed by atoms with E-state index in [2.05, 4.69) is 50.4 Å². The summed E-state index contributed by atoms with van der Waals surface area (Å²) in [5, 5.41) is 3.64. The van der Waals surface area contributed by atoms with Crippen LogP contribution in [0.25, 0.3) is 0 Å². The molecule has 0 aliphatic heterocycles. The van der Waals surface area contributed by atoms with Crippen molar-refractivity contribution in [3.05, 3.63) is 52.4 Å². The summed E-state index contributed by atoms with van der Waals surface area (Å²) >= 11 is 1.34. The van der Waals surface area contributed by atoms with Crippen LogP contribution in [0.2, 0.25) is 0 Å². The molecule has 1 fully saturated rings. The van der Waals surface area contributed by atoms with Gasteiger partial charge in [0.15, 0.2) is 0 Å². The van der Waals surface area contributed by atoms with E-state index in [0.29, 0.717) is 11.4 Å². The van der Waals surface area contributed by atoms with Crippen molar-refractivity contribution in [2.45, 2.75) is 45.6 Å². The summed E-state index contributed by atoms with van der Waals surface area (Å²) in [6.07, 6.45) is 1.94. The van der Waals surface area contributed by atoms with Crippen LogP contribution in [0.15, 0.2) is 36.4 Å². The maximum absolute atomic E-state index is 12.6. The zero-order chi connectivity index (χ0) is 18.9. The van der Waals surface area contributed by atoms with Gasteiger partial charge in [-0.1, -0.05) is 45.0 Å². The van der Waals surface area contributed by atoms with Gasteiger partial charge in [0.25, 0.3) is 5.91 Å². The predicted octanol–water partition coefficient (Wildman–Crippen LogP) is 4.67. The molecule has 1 heterocycles. The van der Waals surface area contributed by atoms with Gasteiger partial charge in [0.1, 0.15) is 0 Å². The van der Waals surface area contributed by atoms with Crippen molar-refractivity contribution in [3.63, 3.8) is 0 Å². The maximum atomic E-state index is 12.6. The summed E-state index contributed by atoms with van der Waals surface area (Å²) in [4.78, 5) is 26.8. The molecule has 1 aromatic heterocycles. The van der Waals surface area contributed by atoms with Crippen molar-refractivity contribution < 1.29 is 9.59 Å². The molecule has 3 rings (SSSR count). The molecule has 5 heteroatoms. The Kier molecular flexibility index (Phi) is 5.19. The van der Waals surface area contributed by atoms with Gasteiger partial charge in [0, 0.05) is 19.5 Å². The van der Waals surface area contributed by atoms with Gasteiger partial charge in [0.05, 0.1) is 9.88 Å². The Morgan fingerprint density at radius 1 is 1.12 bits per heavy atom. The Hall–Kier alpha value is -2.14. The summed E-state index contributed by atoms with van der Waals surface area (Å²) in [5.74, 6) is 0.204. The van der Waals surface area contributed by atoms with E-state index in [1.165, 1.54) is 16.9 Å². The van der Waals surface area contributed by atoms with Gasteiger partial charge >= 0.3 is 0 Å². The number of hydrogen-bond donors (Lipinski definition) is 1. The van der Waals surface area contributed by atoms with Gasteiger partial charge in [-0.05, 0) is 41.5 Å². The van der Waals surface area contributed by atoms with Gasteiger partial charge in [-0.2, -0.15) is 0 Å². The topological polar surface area (TPSA) is 49.4 Å². The number of amides is 2. The van der Waals surface area contributed by atoms with E-state index in [1.54, 1.807) is 11.0 Å². The number of anilines is 1. The highest BCUT2D eigenvalue weighted by Crippen LogP contribution is 2.32. The third-order valence-electron chi connectivity index (χ3n) is 4.60. The minimum absolute atomic E-state index is 0.0261. The normalized spacial score (nSPS) is 14.2. The number of nitrogens with zero attached hydrogens (tertiary/aromatic N) is 1. The highest BCUT2D eigenvalue weighted by Gasteiger charge is 2.30. The fourth-order valence-electron chi connectivity index (χ4n) is 2.73. The quantitative estimate of drug-likeness (QED) is 0.832. The predicted molar refractivity (Wildman–Crippen MR) is 107 cm³/mol. The molecule has 1 aliphatic rings. The van der Waals surface area contributed by atoms with Gasteiger partial charge in [-0.3, -0.25) is 9.59 Å². The van der Waals surface area contributed by atoms with Crippen LogP contribution in [-0.2, 0) is 16.8 Å². The van der Waals surface area contributed by atoms with E-state index in [1.807, 2.05) is 13.1 Å². The second-order valence-electron chi connectivity index (χ2n) is 8.04. The fraction of sp³-hybridized carbons (Fsp3) is 0.429. The summed E-state index contributed by atoms with van der Waals surface area (Å²) in [6.45, 7) is 7.13.